The minimum absolute atomic E-state index is 0.153. The molecule has 0 fully saturated rings. The summed E-state index contributed by atoms with van der Waals surface area (Å²) in [5, 5.41) is 6.54. The van der Waals surface area contributed by atoms with E-state index in [0.29, 0.717) is 16.3 Å². The van der Waals surface area contributed by atoms with Crippen molar-refractivity contribution in [1.29, 1.82) is 0 Å². The minimum Gasteiger partial charge on any atom is -0.326 e. The highest BCUT2D eigenvalue weighted by Gasteiger charge is 2.15. The number of nitrogens with zero attached hydrogens (tertiary/aromatic N) is 1. The van der Waals surface area contributed by atoms with Crippen LogP contribution in [0, 0.1) is 6.92 Å². The summed E-state index contributed by atoms with van der Waals surface area (Å²) in [6, 6.07) is 17.3. The molecular formula is C21H21N3O2S. The minimum atomic E-state index is -0.184. The zero-order valence-electron chi connectivity index (χ0n) is 15.3. The molecule has 0 atom stereocenters. The molecule has 5 nitrogen and oxygen atoms in total. The molecule has 0 saturated heterocycles. The summed E-state index contributed by atoms with van der Waals surface area (Å²) in [6.45, 7) is 3.30. The van der Waals surface area contributed by atoms with Crippen molar-refractivity contribution in [2.24, 2.45) is 0 Å². The number of amides is 2. The van der Waals surface area contributed by atoms with Crippen LogP contribution < -0.4 is 10.6 Å². The van der Waals surface area contributed by atoms with Gasteiger partial charge >= 0.3 is 0 Å². The lowest BCUT2D eigenvalue weighted by Gasteiger charge is -2.07. The van der Waals surface area contributed by atoms with Gasteiger partial charge in [0.25, 0.3) is 5.91 Å². The van der Waals surface area contributed by atoms with Crippen LogP contribution in [0.25, 0.3) is 0 Å². The first-order chi connectivity index (χ1) is 13.0. The maximum Gasteiger partial charge on any atom is 0.267 e. The fourth-order valence-electron chi connectivity index (χ4n) is 2.73. The van der Waals surface area contributed by atoms with E-state index in [9.17, 15) is 9.59 Å². The van der Waals surface area contributed by atoms with Crippen LogP contribution in [-0.2, 0) is 17.6 Å². The molecule has 3 aromatic rings. The van der Waals surface area contributed by atoms with E-state index in [0.717, 1.165) is 23.5 Å². The number of hydrogen-bond donors (Lipinski definition) is 2. The molecule has 0 radical (unpaired) electrons. The Morgan fingerprint density at radius 1 is 0.963 bits per heavy atom. The number of aromatic nitrogens is 1. The average Bonchev–Trinajstić information content (AvgIpc) is 3.01. The van der Waals surface area contributed by atoms with Crippen LogP contribution >= 0.6 is 11.3 Å². The Kier molecular flexibility index (Phi) is 5.98. The maximum atomic E-state index is 12.6. The SMILES string of the molecule is CC(=O)Nc1cccc(NC(=O)c2sc(CCc3ccccc3)nc2C)c1. The summed E-state index contributed by atoms with van der Waals surface area (Å²) in [6.07, 6.45) is 1.70. The first kappa shape index (κ1) is 18.8. The second kappa shape index (κ2) is 8.60. The number of hydrogen-bond acceptors (Lipinski definition) is 4. The molecule has 1 heterocycles. The number of carbonyl (C=O) groups is 2. The van der Waals surface area contributed by atoms with Gasteiger partial charge in [0.15, 0.2) is 0 Å². The highest BCUT2D eigenvalue weighted by atomic mass is 32.1. The van der Waals surface area contributed by atoms with Gasteiger partial charge in [-0.05, 0) is 37.1 Å². The molecule has 2 aromatic carbocycles. The van der Waals surface area contributed by atoms with Gasteiger partial charge in [-0.15, -0.1) is 11.3 Å². The van der Waals surface area contributed by atoms with E-state index in [1.54, 1.807) is 24.3 Å². The highest BCUT2D eigenvalue weighted by Crippen LogP contribution is 2.22. The first-order valence-corrected chi connectivity index (χ1v) is 9.52. The van der Waals surface area contributed by atoms with E-state index in [2.05, 4.69) is 27.8 Å². The van der Waals surface area contributed by atoms with E-state index in [1.165, 1.54) is 23.8 Å². The molecular weight excluding hydrogens is 358 g/mol. The van der Waals surface area contributed by atoms with Crippen molar-refractivity contribution in [1.82, 2.24) is 4.98 Å². The molecule has 2 amide bonds. The molecule has 0 aliphatic rings. The fraction of sp³-hybridized carbons (Fsp3) is 0.190. The van der Waals surface area contributed by atoms with Crippen molar-refractivity contribution < 1.29 is 9.59 Å². The van der Waals surface area contributed by atoms with Gasteiger partial charge in [-0.1, -0.05) is 36.4 Å². The Morgan fingerprint density at radius 3 is 2.37 bits per heavy atom. The number of carbonyl (C=O) groups excluding carboxylic acids is 2. The zero-order valence-corrected chi connectivity index (χ0v) is 16.1. The third-order valence-electron chi connectivity index (χ3n) is 3.96. The van der Waals surface area contributed by atoms with Crippen LogP contribution in [0.15, 0.2) is 54.6 Å². The molecule has 138 valence electrons. The van der Waals surface area contributed by atoms with Gasteiger partial charge in [0.2, 0.25) is 5.91 Å². The smallest absolute Gasteiger partial charge is 0.267 e. The molecule has 27 heavy (non-hydrogen) atoms. The molecule has 0 spiro atoms. The van der Waals surface area contributed by atoms with Crippen molar-refractivity contribution in [2.75, 3.05) is 10.6 Å². The summed E-state index contributed by atoms with van der Waals surface area (Å²) < 4.78 is 0. The summed E-state index contributed by atoms with van der Waals surface area (Å²) in [7, 11) is 0. The van der Waals surface area contributed by atoms with Gasteiger partial charge < -0.3 is 10.6 Å². The van der Waals surface area contributed by atoms with Crippen LogP contribution in [0.5, 0.6) is 0 Å². The van der Waals surface area contributed by atoms with E-state index in [1.807, 2.05) is 25.1 Å². The maximum absolute atomic E-state index is 12.6. The number of benzene rings is 2. The van der Waals surface area contributed by atoms with E-state index in [-0.39, 0.29) is 11.8 Å². The Labute approximate surface area is 162 Å². The zero-order chi connectivity index (χ0) is 19.2. The lowest BCUT2D eigenvalue weighted by Crippen LogP contribution is -2.12. The molecule has 0 bridgehead atoms. The third-order valence-corrected chi connectivity index (χ3v) is 5.17. The molecule has 0 unspecified atom stereocenters. The lowest BCUT2D eigenvalue weighted by atomic mass is 10.1. The van der Waals surface area contributed by atoms with Gasteiger partial charge in [-0.2, -0.15) is 0 Å². The standard InChI is InChI=1S/C21H21N3O2S/c1-14-20(27-19(22-14)12-11-16-7-4-3-5-8-16)21(26)24-18-10-6-9-17(13-18)23-15(2)25/h3-10,13H,11-12H2,1-2H3,(H,23,25)(H,24,26). The van der Waals surface area contributed by atoms with Crippen LogP contribution in [0.3, 0.4) is 0 Å². The Morgan fingerprint density at radius 2 is 1.67 bits per heavy atom. The number of anilines is 2. The topological polar surface area (TPSA) is 71.1 Å². The van der Waals surface area contributed by atoms with E-state index < -0.39 is 0 Å². The molecule has 3 rings (SSSR count). The number of thiazole rings is 1. The highest BCUT2D eigenvalue weighted by molar-refractivity contribution is 7.13. The quantitative estimate of drug-likeness (QED) is 0.665. The fourth-order valence-corrected chi connectivity index (χ4v) is 3.69. The van der Waals surface area contributed by atoms with E-state index >= 15 is 0 Å². The summed E-state index contributed by atoms with van der Waals surface area (Å²) in [4.78, 5) is 29.0. The van der Waals surface area contributed by atoms with Gasteiger partial charge in [-0.3, -0.25) is 9.59 Å². The van der Waals surface area contributed by atoms with Crippen molar-refractivity contribution in [3.05, 3.63) is 75.7 Å². The van der Waals surface area contributed by atoms with E-state index in [4.69, 9.17) is 0 Å². The monoisotopic (exact) mass is 379 g/mol. The third kappa shape index (κ3) is 5.24. The summed E-state index contributed by atoms with van der Waals surface area (Å²) in [5.74, 6) is -0.337. The number of nitrogens with one attached hydrogen (secondary N) is 2. The Balaban J connectivity index is 1.66. The van der Waals surface area contributed by atoms with Gasteiger partial charge in [-0.25, -0.2) is 4.98 Å². The number of aryl methyl sites for hydroxylation is 3. The van der Waals surface area contributed by atoms with Crippen LogP contribution in [0.2, 0.25) is 0 Å². The molecule has 0 aliphatic carbocycles. The predicted molar refractivity (Wildman–Crippen MR) is 109 cm³/mol. The van der Waals surface area contributed by atoms with Crippen LogP contribution in [-0.4, -0.2) is 16.8 Å². The summed E-state index contributed by atoms with van der Waals surface area (Å²) >= 11 is 1.43. The van der Waals surface area contributed by atoms with Crippen LogP contribution in [0.4, 0.5) is 11.4 Å². The van der Waals surface area contributed by atoms with Crippen molar-refractivity contribution >= 4 is 34.5 Å². The van der Waals surface area contributed by atoms with Gasteiger partial charge in [0.05, 0.1) is 10.7 Å². The first-order valence-electron chi connectivity index (χ1n) is 8.70. The number of rotatable bonds is 6. The molecule has 1 aromatic heterocycles. The predicted octanol–water partition coefficient (Wildman–Crippen LogP) is 4.45. The molecule has 2 N–H and O–H groups in total. The largest absolute Gasteiger partial charge is 0.326 e. The second-order valence-electron chi connectivity index (χ2n) is 6.22. The van der Waals surface area contributed by atoms with Gasteiger partial charge in [0, 0.05) is 24.7 Å². The molecule has 0 saturated carbocycles. The average molecular weight is 379 g/mol. The summed E-state index contributed by atoms with van der Waals surface area (Å²) in [5.41, 5.74) is 3.26. The van der Waals surface area contributed by atoms with Crippen molar-refractivity contribution in [3.63, 3.8) is 0 Å². The normalized spacial score (nSPS) is 10.4. The Hall–Kier alpha value is -2.99. The molecule has 0 aliphatic heterocycles. The molecule has 6 heteroatoms. The Bertz CT molecular complexity index is 951. The van der Waals surface area contributed by atoms with Crippen molar-refractivity contribution in [3.8, 4) is 0 Å². The van der Waals surface area contributed by atoms with Crippen LogP contribution in [0.1, 0.15) is 32.9 Å². The lowest BCUT2D eigenvalue weighted by molar-refractivity contribution is -0.114. The second-order valence-corrected chi connectivity index (χ2v) is 7.31. The van der Waals surface area contributed by atoms with Crippen molar-refractivity contribution in [2.45, 2.75) is 26.7 Å². The van der Waals surface area contributed by atoms with Gasteiger partial charge in [0.1, 0.15) is 4.88 Å².